The first kappa shape index (κ1) is 19.4. The first-order valence-corrected chi connectivity index (χ1v) is 8.23. The Morgan fingerprint density at radius 2 is 2.12 bits per heavy atom. The molecule has 0 aliphatic heterocycles. The zero-order valence-corrected chi connectivity index (χ0v) is 14.4. The fourth-order valence-electron chi connectivity index (χ4n) is 1.72. The molecular weight excluding hydrogens is 385 g/mol. The third kappa shape index (κ3) is 6.13. The highest BCUT2D eigenvalue weighted by atomic mass is 35.5. The average Bonchev–Trinajstić information content (AvgIpc) is 2.98. The minimum absolute atomic E-state index is 0.0207. The summed E-state index contributed by atoms with van der Waals surface area (Å²) in [5.41, 5.74) is 0.283. The van der Waals surface area contributed by atoms with Crippen molar-refractivity contribution < 1.29 is 31.9 Å². The first-order chi connectivity index (χ1) is 11.8. The Morgan fingerprint density at radius 3 is 2.76 bits per heavy atom. The molecule has 0 saturated carbocycles. The van der Waals surface area contributed by atoms with Crippen molar-refractivity contribution in [1.29, 1.82) is 0 Å². The van der Waals surface area contributed by atoms with Gasteiger partial charge in [0.2, 0.25) is 5.89 Å². The number of ether oxygens (including phenoxy) is 2. The molecule has 0 fully saturated rings. The Hall–Kier alpha value is -1.94. The van der Waals surface area contributed by atoms with Gasteiger partial charge in [-0.15, -0.1) is 23.4 Å². The number of hydrogen-bond donors (Lipinski definition) is 0. The number of benzene rings is 1. The quantitative estimate of drug-likeness (QED) is 0.391. The molecule has 1 aromatic heterocycles. The van der Waals surface area contributed by atoms with Gasteiger partial charge in [-0.1, -0.05) is 23.4 Å². The minimum Gasteiger partial charge on any atom is -0.469 e. The Morgan fingerprint density at radius 1 is 1.36 bits per heavy atom. The molecule has 2 aromatic rings. The van der Waals surface area contributed by atoms with Crippen LogP contribution in [0.1, 0.15) is 12.8 Å². The van der Waals surface area contributed by atoms with E-state index in [0.29, 0.717) is 12.2 Å². The van der Waals surface area contributed by atoms with Crippen LogP contribution in [0.5, 0.6) is 5.75 Å². The summed E-state index contributed by atoms with van der Waals surface area (Å²) in [4.78, 5) is 11.0. The van der Waals surface area contributed by atoms with Gasteiger partial charge in [-0.2, -0.15) is 0 Å². The van der Waals surface area contributed by atoms with Crippen LogP contribution in [0.4, 0.5) is 13.2 Å². The number of thioether (sulfide) groups is 1. The predicted octanol–water partition coefficient (Wildman–Crippen LogP) is 4.33. The maximum atomic E-state index is 12.2. The Kier molecular flexibility index (Phi) is 6.54. The normalized spacial score (nSPS) is 11.4. The van der Waals surface area contributed by atoms with E-state index in [4.69, 9.17) is 16.0 Å². The van der Waals surface area contributed by atoms with E-state index >= 15 is 0 Å². The van der Waals surface area contributed by atoms with Gasteiger partial charge >= 0.3 is 12.3 Å². The number of nitrogens with zero attached hydrogens (tertiary/aromatic N) is 2. The number of halogens is 4. The van der Waals surface area contributed by atoms with Crippen LogP contribution in [-0.4, -0.2) is 35.4 Å². The molecule has 0 atom stereocenters. The largest absolute Gasteiger partial charge is 0.573 e. The van der Waals surface area contributed by atoms with Gasteiger partial charge < -0.3 is 13.9 Å². The lowest BCUT2D eigenvalue weighted by atomic mass is 10.2. The van der Waals surface area contributed by atoms with Crippen LogP contribution in [0, 0.1) is 0 Å². The van der Waals surface area contributed by atoms with Gasteiger partial charge in [-0.25, -0.2) is 0 Å². The van der Waals surface area contributed by atoms with Crippen LogP contribution in [-0.2, 0) is 9.53 Å². The molecule has 0 bridgehead atoms. The number of alkyl halides is 3. The second-order valence-electron chi connectivity index (χ2n) is 4.59. The summed E-state index contributed by atoms with van der Waals surface area (Å²) in [7, 11) is 1.31. The summed E-state index contributed by atoms with van der Waals surface area (Å²) in [5, 5.41) is 7.85. The van der Waals surface area contributed by atoms with Crippen LogP contribution < -0.4 is 4.74 Å². The van der Waals surface area contributed by atoms with E-state index in [-0.39, 0.29) is 34.1 Å². The van der Waals surface area contributed by atoms with Crippen molar-refractivity contribution >= 4 is 29.3 Å². The zero-order valence-electron chi connectivity index (χ0n) is 12.8. The van der Waals surface area contributed by atoms with Gasteiger partial charge in [-0.05, 0) is 24.6 Å². The summed E-state index contributed by atoms with van der Waals surface area (Å²) in [5.74, 6) is -0.125. The van der Waals surface area contributed by atoms with E-state index in [1.54, 1.807) is 0 Å². The molecule has 136 valence electrons. The number of hydrogen-bond acceptors (Lipinski definition) is 7. The number of carbonyl (C=O) groups is 1. The van der Waals surface area contributed by atoms with Gasteiger partial charge in [0.25, 0.3) is 5.22 Å². The van der Waals surface area contributed by atoms with E-state index < -0.39 is 12.1 Å². The highest BCUT2D eigenvalue weighted by Gasteiger charge is 2.31. The van der Waals surface area contributed by atoms with Gasteiger partial charge in [0.05, 0.1) is 17.7 Å². The topological polar surface area (TPSA) is 74.5 Å². The fourth-order valence-corrected chi connectivity index (χ4v) is 2.67. The molecule has 1 heterocycles. The number of rotatable bonds is 7. The maximum Gasteiger partial charge on any atom is 0.573 e. The van der Waals surface area contributed by atoms with Gasteiger partial charge in [0, 0.05) is 12.2 Å². The highest BCUT2D eigenvalue weighted by Crippen LogP contribution is 2.33. The molecule has 2 rings (SSSR count). The van der Waals surface area contributed by atoms with Gasteiger partial charge in [0.15, 0.2) is 0 Å². The molecule has 6 nitrogen and oxygen atoms in total. The molecule has 0 N–H and O–H groups in total. The summed E-state index contributed by atoms with van der Waals surface area (Å²) in [6.45, 7) is 0. The third-order valence-electron chi connectivity index (χ3n) is 2.79. The molecule has 0 radical (unpaired) electrons. The van der Waals surface area contributed by atoms with Crippen LogP contribution in [0.3, 0.4) is 0 Å². The first-order valence-electron chi connectivity index (χ1n) is 6.87. The molecule has 11 heteroatoms. The van der Waals surface area contributed by atoms with Gasteiger partial charge in [-0.3, -0.25) is 4.79 Å². The molecule has 0 unspecified atom stereocenters. The summed E-state index contributed by atoms with van der Waals surface area (Å²) in [6, 6.07) is 3.41. The standard InChI is InChI=1S/C14H12ClF3N2O4S/c1-22-11(21)3-2-6-25-13-20-19-12(23-13)9-5-4-8(7-10(9)15)24-14(16,17)18/h4-5,7H,2-3,6H2,1H3. The van der Waals surface area contributed by atoms with Crippen molar-refractivity contribution in [2.24, 2.45) is 0 Å². The maximum absolute atomic E-state index is 12.2. The van der Waals surface area contributed by atoms with E-state index in [2.05, 4.69) is 19.7 Å². The van der Waals surface area contributed by atoms with Crippen molar-refractivity contribution in [2.45, 2.75) is 24.4 Å². The van der Waals surface area contributed by atoms with Crippen molar-refractivity contribution in [3.05, 3.63) is 23.2 Å². The summed E-state index contributed by atoms with van der Waals surface area (Å²) in [6.07, 6.45) is -3.96. The zero-order chi connectivity index (χ0) is 18.4. The molecule has 0 saturated heterocycles. The Labute approximate surface area is 149 Å². The number of aromatic nitrogens is 2. The summed E-state index contributed by atoms with van der Waals surface area (Å²) < 4.78 is 50.3. The smallest absolute Gasteiger partial charge is 0.469 e. The van der Waals surface area contributed by atoms with Crippen molar-refractivity contribution in [1.82, 2.24) is 10.2 Å². The predicted molar refractivity (Wildman–Crippen MR) is 83.4 cm³/mol. The Balaban J connectivity index is 1.98. The van der Waals surface area contributed by atoms with E-state index in [1.165, 1.54) is 24.9 Å². The van der Waals surface area contributed by atoms with Crippen molar-refractivity contribution in [3.63, 3.8) is 0 Å². The van der Waals surface area contributed by atoms with E-state index in [0.717, 1.165) is 12.1 Å². The SMILES string of the molecule is COC(=O)CCCSc1nnc(-c2ccc(OC(F)(F)F)cc2Cl)o1. The van der Waals surface area contributed by atoms with E-state index in [9.17, 15) is 18.0 Å². The number of esters is 1. The lowest BCUT2D eigenvalue weighted by Gasteiger charge is -2.09. The van der Waals surface area contributed by atoms with Crippen LogP contribution in [0.2, 0.25) is 5.02 Å². The number of carbonyl (C=O) groups excluding carboxylic acids is 1. The number of methoxy groups -OCH3 is 1. The molecule has 0 aliphatic carbocycles. The van der Waals surface area contributed by atoms with Crippen LogP contribution >= 0.6 is 23.4 Å². The minimum atomic E-state index is -4.80. The molecule has 0 aliphatic rings. The molecule has 1 aromatic carbocycles. The van der Waals surface area contributed by atoms with Crippen molar-refractivity contribution in [2.75, 3.05) is 12.9 Å². The summed E-state index contributed by atoms with van der Waals surface area (Å²) >= 11 is 7.19. The average molecular weight is 397 g/mol. The Bertz CT molecular complexity index is 739. The van der Waals surface area contributed by atoms with Crippen molar-refractivity contribution in [3.8, 4) is 17.2 Å². The van der Waals surface area contributed by atoms with E-state index in [1.807, 2.05) is 0 Å². The highest BCUT2D eigenvalue weighted by molar-refractivity contribution is 7.99. The second kappa shape index (κ2) is 8.43. The monoisotopic (exact) mass is 396 g/mol. The molecule has 25 heavy (non-hydrogen) atoms. The van der Waals surface area contributed by atoms with Crippen LogP contribution in [0.15, 0.2) is 27.8 Å². The fraction of sp³-hybridized carbons (Fsp3) is 0.357. The van der Waals surface area contributed by atoms with Gasteiger partial charge in [0.1, 0.15) is 5.75 Å². The molecule has 0 spiro atoms. The third-order valence-corrected chi connectivity index (χ3v) is 4.01. The molecule has 0 amide bonds. The lowest BCUT2D eigenvalue weighted by molar-refractivity contribution is -0.274. The van der Waals surface area contributed by atoms with Crippen LogP contribution in [0.25, 0.3) is 11.5 Å². The lowest BCUT2D eigenvalue weighted by Crippen LogP contribution is -2.17. The molecular formula is C14H12ClF3N2O4S. The second-order valence-corrected chi connectivity index (χ2v) is 6.04.